The molecule has 3 N–H and O–H groups in total. The minimum absolute atomic E-state index is 0.127. The summed E-state index contributed by atoms with van der Waals surface area (Å²) in [5.41, 5.74) is 5.40. The van der Waals surface area contributed by atoms with E-state index in [-0.39, 0.29) is 17.4 Å². The summed E-state index contributed by atoms with van der Waals surface area (Å²) in [5, 5.41) is 3.12. The molecule has 5 nitrogen and oxygen atoms in total. The molecule has 5 heteroatoms. The molecular weight excluding hydrogens is 242 g/mol. The van der Waals surface area contributed by atoms with Crippen molar-refractivity contribution in [3.8, 4) is 0 Å². The number of hydrogen-bond acceptors (Lipinski definition) is 3. The second kappa shape index (κ2) is 4.78. The van der Waals surface area contributed by atoms with Crippen LogP contribution < -0.4 is 11.1 Å². The lowest BCUT2D eigenvalue weighted by molar-refractivity contribution is -0.133. The molecule has 0 atom stereocenters. The zero-order valence-electron chi connectivity index (χ0n) is 11.4. The Kier molecular flexibility index (Phi) is 3.25. The van der Waals surface area contributed by atoms with Crippen molar-refractivity contribution in [2.24, 2.45) is 17.1 Å². The van der Waals surface area contributed by atoms with E-state index in [1.54, 1.807) is 0 Å². The Balaban J connectivity index is 1.45. The van der Waals surface area contributed by atoms with Crippen molar-refractivity contribution < 1.29 is 9.59 Å². The SMILES string of the molecule is NCC1(C(=O)NC2CCN(C(=O)C3CC3)CC2)CC1. The number of piperidine rings is 1. The van der Waals surface area contributed by atoms with Crippen LogP contribution in [0.3, 0.4) is 0 Å². The number of nitrogens with zero attached hydrogens (tertiary/aromatic N) is 1. The van der Waals surface area contributed by atoms with Gasteiger partial charge in [0.2, 0.25) is 11.8 Å². The van der Waals surface area contributed by atoms with Crippen LogP contribution in [0.25, 0.3) is 0 Å². The van der Waals surface area contributed by atoms with Gasteiger partial charge in [-0.1, -0.05) is 0 Å². The molecule has 2 aliphatic carbocycles. The third-order valence-corrected chi connectivity index (χ3v) is 4.79. The third kappa shape index (κ3) is 2.61. The van der Waals surface area contributed by atoms with E-state index in [4.69, 9.17) is 5.73 Å². The zero-order valence-corrected chi connectivity index (χ0v) is 11.4. The zero-order chi connectivity index (χ0) is 13.5. The Hall–Kier alpha value is -1.10. The monoisotopic (exact) mass is 265 g/mol. The topological polar surface area (TPSA) is 75.4 Å². The Morgan fingerprint density at radius 3 is 2.26 bits per heavy atom. The maximum absolute atomic E-state index is 12.1. The van der Waals surface area contributed by atoms with Gasteiger partial charge in [-0.25, -0.2) is 0 Å². The van der Waals surface area contributed by atoms with Crippen LogP contribution in [-0.4, -0.2) is 42.4 Å². The molecule has 0 aromatic heterocycles. The number of nitrogens with one attached hydrogen (secondary N) is 1. The van der Waals surface area contributed by atoms with Gasteiger partial charge in [0.15, 0.2) is 0 Å². The molecule has 3 rings (SSSR count). The maximum Gasteiger partial charge on any atom is 0.227 e. The van der Waals surface area contributed by atoms with Gasteiger partial charge in [0.1, 0.15) is 0 Å². The highest BCUT2D eigenvalue weighted by Crippen LogP contribution is 2.44. The predicted molar refractivity (Wildman–Crippen MR) is 71.2 cm³/mol. The highest BCUT2D eigenvalue weighted by atomic mass is 16.2. The molecular formula is C14H23N3O2. The fourth-order valence-electron chi connectivity index (χ4n) is 2.85. The van der Waals surface area contributed by atoms with Crippen molar-refractivity contribution in [2.45, 2.75) is 44.6 Å². The lowest BCUT2D eigenvalue weighted by Crippen LogP contribution is -2.49. The van der Waals surface area contributed by atoms with Crippen LogP contribution in [0.2, 0.25) is 0 Å². The number of hydrogen-bond donors (Lipinski definition) is 2. The highest BCUT2D eigenvalue weighted by molar-refractivity contribution is 5.86. The van der Waals surface area contributed by atoms with Crippen LogP contribution >= 0.6 is 0 Å². The number of rotatable bonds is 4. The van der Waals surface area contributed by atoms with Crippen molar-refractivity contribution in [1.82, 2.24) is 10.2 Å². The molecule has 3 fully saturated rings. The van der Waals surface area contributed by atoms with Gasteiger partial charge in [-0.15, -0.1) is 0 Å². The van der Waals surface area contributed by atoms with Crippen molar-refractivity contribution in [1.29, 1.82) is 0 Å². The first-order valence-corrected chi connectivity index (χ1v) is 7.44. The Bertz CT molecular complexity index is 380. The molecule has 0 aromatic rings. The molecule has 0 spiro atoms. The molecule has 0 unspecified atom stereocenters. The van der Waals surface area contributed by atoms with Crippen LogP contribution in [0.1, 0.15) is 38.5 Å². The van der Waals surface area contributed by atoms with Gasteiger partial charge in [-0.2, -0.15) is 0 Å². The molecule has 0 bridgehead atoms. The van der Waals surface area contributed by atoms with Gasteiger partial charge in [-0.3, -0.25) is 9.59 Å². The molecule has 1 heterocycles. The van der Waals surface area contributed by atoms with Crippen molar-refractivity contribution in [3.05, 3.63) is 0 Å². The molecule has 0 aromatic carbocycles. The molecule has 3 aliphatic rings. The standard InChI is InChI=1S/C14H23N3O2/c15-9-14(5-6-14)13(19)16-11-3-7-17(8-4-11)12(18)10-1-2-10/h10-11H,1-9,15H2,(H,16,19). The van der Waals surface area contributed by atoms with Crippen LogP contribution in [0.4, 0.5) is 0 Å². The average molecular weight is 265 g/mol. The largest absolute Gasteiger partial charge is 0.353 e. The van der Waals surface area contributed by atoms with Gasteiger partial charge in [0.05, 0.1) is 5.41 Å². The van der Waals surface area contributed by atoms with E-state index in [0.717, 1.165) is 51.6 Å². The van der Waals surface area contributed by atoms with Gasteiger partial charge in [-0.05, 0) is 38.5 Å². The van der Waals surface area contributed by atoms with Gasteiger partial charge < -0.3 is 16.0 Å². The van der Waals surface area contributed by atoms with Gasteiger partial charge >= 0.3 is 0 Å². The first-order valence-electron chi connectivity index (χ1n) is 7.44. The normalized spacial score (nSPS) is 26.1. The second-order valence-corrected chi connectivity index (χ2v) is 6.33. The predicted octanol–water partition coefficient (Wildman–Crippen LogP) is 0.242. The van der Waals surface area contributed by atoms with E-state index in [0.29, 0.717) is 18.4 Å². The number of amides is 2. The van der Waals surface area contributed by atoms with Crippen molar-refractivity contribution in [3.63, 3.8) is 0 Å². The molecule has 106 valence electrons. The number of carbonyl (C=O) groups is 2. The summed E-state index contributed by atoms with van der Waals surface area (Å²) in [7, 11) is 0. The van der Waals surface area contributed by atoms with Crippen LogP contribution in [0.5, 0.6) is 0 Å². The van der Waals surface area contributed by atoms with E-state index in [1.165, 1.54) is 0 Å². The summed E-state index contributed by atoms with van der Waals surface area (Å²) in [5.74, 6) is 0.755. The summed E-state index contributed by atoms with van der Waals surface area (Å²) in [6.45, 7) is 2.03. The van der Waals surface area contributed by atoms with Crippen LogP contribution in [0, 0.1) is 11.3 Å². The number of likely N-dealkylation sites (tertiary alicyclic amines) is 1. The highest BCUT2D eigenvalue weighted by Gasteiger charge is 2.49. The summed E-state index contributed by atoms with van der Waals surface area (Å²) in [6, 6.07) is 0.222. The van der Waals surface area contributed by atoms with Crippen molar-refractivity contribution in [2.75, 3.05) is 19.6 Å². The third-order valence-electron chi connectivity index (χ3n) is 4.79. The van der Waals surface area contributed by atoms with Gasteiger partial charge in [0.25, 0.3) is 0 Å². The molecule has 2 saturated carbocycles. The lowest BCUT2D eigenvalue weighted by Gasteiger charge is -2.33. The first-order chi connectivity index (χ1) is 9.14. The van der Waals surface area contributed by atoms with Crippen molar-refractivity contribution >= 4 is 11.8 Å². The summed E-state index contributed by atoms with van der Waals surface area (Å²) in [6.07, 6.45) is 5.74. The Morgan fingerprint density at radius 2 is 1.79 bits per heavy atom. The van der Waals surface area contributed by atoms with Crippen LogP contribution in [0.15, 0.2) is 0 Å². The maximum atomic E-state index is 12.1. The molecule has 1 aliphatic heterocycles. The van der Waals surface area contributed by atoms with E-state index in [2.05, 4.69) is 5.32 Å². The molecule has 0 radical (unpaired) electrons. The van der Waals surface area contributed by atoms with E-state index >= 15 is 0 Å². The first kappa shape index (κ1) is 12.9. The lowest BCUT2D eigenvalue weighted by atomic mass is 10.0. The minimum Gasteiger partial charge on any atom is -0.353 e. The summed E-state index contributed by atoms with van der Waals surface area (Å²) in [4.78, 5) is 26.0. The van der Waals surface area contributed by atoms with Crippen LogP contribution in [-0.2, 0) is 9.59 Å². The minimum atomic E-state index is -0.263. The number of carbonyl (C=O) groups excluding carboxylic acids is 2. The van der Waals surface area contributed by atoms with E-state index in [1.807, 2.05) is 4.90 Å². The average Bonchev–Trinajstić information content (AvgIpc) is 3.31. The Labute approximate surface area is 113 Å². The Morgan fingerprint density at radius 1 is 1.16 bits per heavy atom. The molecule has 19 heavy (non-hydrogen) atoms. The summed E-state index contributed by atoms with van der Waals surface area (Å²) >= 11 is 0. The smallest absolute Gasteiger partial charge is 0.227 e. The molecule has 2 amide bonds. The fraction of sp³-hybridized carbons (Fsp3) is 0.857. The van der Waals surface area contributed by atoms with E-state index in [9.17, 15) is 9.59 Å². The molecule has 1 saturated heterocycles. The van der Waals surface area contributed by atoms with E-state index < -0.39 is 0 Å². The summed E-state index contributed by atoms with van der Waals surface area (Å²) < 4.78 is 0. The second-order valence-electron chi connectivity index (χ2n) is 6.33. The number of nitrogens with two attached hydrogens (primary N) is 1. The quantitative estimate of drug-likeness (QED) is 0.764. The van der Waals surface area contributed by atoms with Gasteiger partial charge in [0, 0.05) is 31.6 Å². The fourth-order valence-corrected chi connectivity index (χ4v) is 2.85.